The molecule has 0 spiro atoms. The number of nitrogens with zero attached hydrogens (tertiary/aromatic N) is 1. The van der Waals surface area contributed by atoms with E-state index < -0.39 is 30.2 Å². The first kappa shape index (κ1) is 21.7. The summed E-state index contributed by atoms with van der Waals surface area (Å²) >= 11 is 0. The molecule has 2 amide bonds. The number of anilines is 1. The molecule has 0 saturated heterocycles. The summed E-state index contributed by atoms with van der Waals surface area (Å²) in [5, 5.41) is 2.54. The summed E-state index contributed by atoms with van der Waals surface area (Å²) in [6, 6.07) is 9.76. The number of benzene rings is 2. The van der Waals surface area contributed by atoms with Gasteiger partial charge in [0.25, 0.3) is 5.91 Å². The highest BCUT2D eigenvalue weighted by molar-refractivity contribution is 5.96. The maximum atomic E-state index is 12.9. The van der Waals surface area contributed by atoms with Crippen LogP contribution >= 0.6 is 0 Å². The number of rotatable bonds is 8. The Balaban J connectivity index is 1.87. The summed E-state index contributed by atoms with van der Waals surface area (Å²) in [7, 11) is 4.27. The Bertz CT molecular complexity index is 885. The van der Waals surface area contributed by atoms with E-state index in [2.05, 4.69) is 5.32 Å². The number of nitrogens with one attached hydrogen (secondary N) is 1. The molecule has 0 atom stereocenters. The van der Waals surface area contributed by atoms with Crippen LogP contribution in [-0.2, 0) is 14.3 Å². The number of esters is 1. The van der Waals surface area contributed by atoms with Crippen LogP contribution in [0.15, 0.2) is 42.5 Å². The highest BCUT2D eigenvalue weighted by Crippen LogP contribution is 2.25. The van der Waals surface area contributed by atoms with E-state index in [9.17, 15) is 18.8 Å². The molecule has 0 aliphatic heterocycles. The molecular formula is C20H21FN2O6. The molecule has 0 aliphatic rings. The zero-order valence-electron chi connectivity index (χ0n) is 16.2. The number of amides is 2. The molecule has 0 bridgehead atoms. The molecule has 0 radical (unpaired) electrons. The quantitative estimate of drug-likeness (QED) is 0.677. The van der Waals surface area contributed by atoms with Gasteiger partial charge in [0, 0.05) is 18.8 Å². The van der Waals surface area contributed by atoms with Gasteiger partial charge in [0.1, 0.15) is 22.9 Å². The Morgan fingerprint density at radius 1 is 1.03 bits per heavy atom. The van der Waals surface area contributed by atoms with Gasteiger partial charge in [-0.1, -0.05) is 0 Å². The minimum Gasteiger partial charge on any atom is -0.497 e. The van der Waals surface area contributed by atoms with Crippen molar-refractivity contribution in [2.45, 2.75) is 0 Å². The van der Waals surface area contributed by atoms with Crippen molar-refractivity contribution >= 4 is 23.5 Å². The van der Waals surface area contributed by atoms with Crippen LogP contribution in [0.25, 0.3) is 0 Å². The molecule has 0 fully saturated rings. The minimum absolute atomic E-state index is 0.137. The van der Waals surface area contributed by atoms with E-state index in [-0.39, 0.29) is 17.9 Å². The lowest BCUT2D eigenvalue weighted by Gasteiger charge is -2.17. The fourth-order valence-corrected chi connectivity index (χ4v) is 2.32. The van der Waals surface area contributed by atoms with Gasteiger partial charge < -0.3 is 24.4 Å². The molecule has 9 heteroatoms. The van der Waals surface area contributed by atoms with Crippen LogP contribution in [0.5, 0.6) is 11.5 Å². The maximum absolute atomic E-state index is 12.9. The summed E-state index contributed by atoms with van der Waals surface area (Å²) in [5.41, 5.74) is 0.535. The number of ether oxygens (including phenoxy) is 3. The van der Waals surface area contributed by atoms with Gasteiger partial charge in [0.05, 0.1) is 20.8 Å². The van der Waals surface area contributed by atoms with Gasteiger partial charge in [-0.05, 0) is 36.4 Å². The fraction of sp³-hybridized carbons (Fsp3) is 0.250. The standard InChI is InChI=1S/C20H21FN2O6/c1-23(11-18(24)22-14-6-4-13(21)5-7-14)19(25)12-29-20(26)16-9-8-15(27-2)10-17(16)28-3/h4-10H,11-12H2,1-3H3,(H,22,24). The summed E-state index contributed by atoms with van der Waals surface area (Å²) in [5.74, 6) is -1.47. The Labute approximate surface area is 167 Å². The number of hydrogen-bond acceptors (Lipinski definition) is 6. The van der Waals surface area contributed by atoms with Crippen molar-refractivity contribution in [3.8, 4) is 11.5 Å². The van der Waals surface area contributed by atoms with Gasteiger partial charge in [-0.25, -0.2) is 9.18 Å². The largest absolute Gasteiger partial charge is 0.497 e. The zero-order chi connectivity index (χ0) is 21.4. The van der Waals surface area contributed by atoms with E-state index in [0.29, 0.717) is 11.4 Å². The average Bonchev–Trinajstić information content (AvgIpc) is 2.72. The van der Waals surface area contributed by atoms with Crippen LogP contribution in [0.1, 0.15) is 10.4 Å². The van der Waals surface area contributed by atoms with Crippen LogP contribution in [0.2, 0.25) is 0 Å². The average molecular weight is 404 g/mol. The van der Waals surface area contributed by atoms with Crippen LogP contribution in [0, 0.1) is 5.82 Å². The molecule has 2 aromatic carbocycles. The first-order valence-electron chi connectivity index (χ1n) is 8.52. The monoisotopic (exact) mass is 404 g/mol. The molecule has 2 rings (SSSR count). The van der Waals surface area contributed by atoms with E-state index in [1.807, 2.05) is 0 Å². The topological polar surface area (TPSA) is 94.2 Å². The molecule has 29 heavy (non-hydrogen) atoms. The number of likely N-dealkylation sites (N-methyl/N-ethyl adjacent to an activating group) is 1. The smallest absolute Gasteiger partial charge is 0.342 e. The number of hydrogen-bond donors (Lipinski definition) is 1. The first-order valence-corrected chi connectivity index (χ1v) is 8.52. The van der Waals surface area contributed by atoms with Crippen LogP contribution in [0.3, 0.4) is 0 Å². The zero-order valence-corrected chi connectivity index (χ0v) is 16.2. The highest BCUT2D eigenvalue weighted by Gasteiger charge is 2.19. The Morgan fingerprint density at radius 3 is 2.34 bits per heavy atom. The van der Waals surface area contributed by atoms with Gasteiger partial charge in [0.2, 0.25) is 5.91 Å². The summed E-state index contributed by atoms with van der Waals surface area (Å²) < 4.78 is 28.1. The Hall–Kier alpha value is -3.62. The predicted molar refractivity (Wildman–Crippen MR) is 102 cm³/mol. The number of carbonyl (C=O) groups is 3. The van der Waals surface area contributed by atoms with E-state index >= 15 is 0 Å². The second-order valence-corrected chi connectivity index (χ2v) is 5.95. The maximum Gasteiger partial charge on any atom is 0.342 e. The lowest BCUT2D eigenvalue weighted by atomic mass is 10.2. The molecule has 154 valence electrons. The van der Waals surface area contributed by atoms with Gasteiger partial charge in [-0.2, -0.15) is 0 Å². The third-order valence-electron chi connectivity index (χ3n) is 3.89. The van der Waals surface area contributed by atoms with Crippen molar-refractivity contribution in [3.05, 3.63) is 53.8 Å². The van der Waals surface area contributed by atoms with Gasteiger partial charge >= 0.3 is 5.97 Å². The predicted octanol–water partition coefficient (Wildman–Crippen LogP) is 2.10. The lowest BCUT2D eigenvalue weighted by Crippen LogP contribution is -2.37. The summed E-state index contributed by atoms with van der Waals surface area (Å²) in [6.45, 7) is -0.812. The third kappa shape index (κ3) is 6.20. The Morgan fingerprint density at radius 2 is 1.72 bits per heavy atom. The van der Waals surface area contributed by atoms with Gasteiger partial charge in [-0.3, -0.25) is 9.59 Å². The molecule has 0 heterocycles. The van der Waals surface area contributed by atoms with Gasteiger partial charge in [-0.15, -0.1) is 0 Å². The van der Waals surface area contributed by atoms with E-state index in [4.69, 9.17) is 14.2 Å². The lowest BCUT2D eigenvalue weighted by molar-refractivity contribution is -0.136. The van der Waals surface area contributed by atoms with E-state index in [0.717, 1.165) is 4.90 Å². The second-order valence-electron chi connectivity index (χ2n) is 5.95. The van der Waals surface area contributed by atoms with Crippen molar-refractivity contribution in [3.63, 3.8) is 0 Å². The fourth-order valence-electron chi connectivity index (χ4n) is 2.32. The summed E-state index contributed by atoms with van der Waals surface area (Å²) in [4.78, 5) is 37.4. The van der Waals surface area contributed by atoms with Crippen LogP contribution < -0.4 is 14.8 Å². The van der Waals surface area contributed by atoms with E-state index in [1.165, 1.54) is 57.7 Å². The van der Waals surface area contributed by atoms with Crippen molar-refractivity contribution < 1.29 is 33.0 Å². The molecule has 2 aromatic rings. The molecule has 0 aliphatic carbocycles. The highest BCUT2D eigenvalue weighted by atomic mass is 19.1. The van der Waals surface area contributed by atoms with Crippen molar-refractivity contribution in [2.24, 2.45) is 0 Å². The van der Waals surface area contributed by atoms with Crippen molar-refractivity contribution in [1.29, 1.82) is 0 Å². The number of methoxy groups -OCH3 is 2. The molecular weight excluding hydrogens is 383 g/mol. The van der Waals surface area contributed by atoms with Crippen molar-refractivity contribution in [2.75, 3.05) is 39.7 Å². The minimum atomic E-state index is -0.748. The number of carbonyl (C=O) groups excluding carboxylic acids is 3. The third-order valence-corrected chi connectivity index (χ3v) is 3.89. The SMILES string of the molecule is COc1ccc(C(=O)OCC(=O)N(C)CC(=O)Nc2ccc(F)cc2)c(OC)c1. The molecule has 0 unspecified atom stereocenters. The molecule has 0 aromatic heterocycles. The van der Waals surface area contributed by atoms with Crippen molar-refractivity contribution in [1.82, 2.24) is 4.90 Å². The number of halogens is 1. The molecule has 0 saturated carbocycles. The van der Waals surface area contributed by atoms with Gasteiger partial charge in [0.15, 0.2) is 6.61 Å². The molecule has 1 N–H and O–H groups in total. The second kappa shape index (κ2) is 10.1. The summed E-state index contributed by atoms with van der Waals surface area (Å²) in [6.07, 6.45) is 0. The van der Waals surface area contributed by atoms with Crippen LogP contribution in [0.4, 0.5) is 10.1 Å². The Kier molecular flexibility index (Phi) is 7.53. The normalized spacial score (nSPS) is 10.1. The first-order chi connectivity index (χ1) is 13.8. The van der Waals surface area contributed by atoms with Crippen LogP contribution in [-0.4, -0.2) is 57.1 Å². The van der Waals surface area contributed by atoms with E-state index in [1.54, 1.807) is 6.07 Å². The molecule has 8 nitrogen and oxygen atoms in total.